The van der Waals surface area contributed by atoms with Crippen molar-refractivity contribution in [2.75, 3.05) is 19.0 Å². The Labute approximate surface area is 184 Å². The summed E-state index contributed by atoms with van der Waals surface area (Å²) in [6.45, 7) is 10.2. The second kappa shape index (κ2) is 8.40. The highest BCUT2D eigenvalue weighted by atomic mass is 35.5. The Kier molecular flexibility index (Phi) is 5.66. The van der Waals surface area contributed by atoms with E-state index in [1.165, 1.54) is 13.2 Å². The van der Waals surface area contributed by atoms with E-state index >= 15 is 0 Å². The highest BCUT2D eigenvalue weighted by Gasteiger charge is 2.24. The number of benzene rings is 2. The van der Waals surface area contributed by atoms with Crippen LogP contribution in [0.15, 0.2) is 30.3 Å². The van der Waals surface area contributed by atoms with Crippen molar-refractivity contribution in [3.8, 4) is 5.75 Å². The number of nitrogens with zero attached hydrogens (tertiary/aromatic N) is 3. The van der Waals surface area contributed by atoms with E-state index in [1.807, 2.05) is 6.07 Å². The zero-order chi connectivity index (χ0) is 22.1. The third kappa shape index (κ3) is 3.99. The number of amides is 1. The normalized spacial score (nSPS) is 12.9. The van der Waals surface area contributed by atoms with Gasteiger partial charge >= 0.3 is 0 Å². The Balaban J connectivity index is 1.79. The van der Waals surface area contributed by atoms with Crippen LogP contribution in [0.2, 0.25) is 5.02 Å². The summed E-state index contributed by atoms with van der Waals surface area (Å²) in [4.78, 5) is 22.0. The average molecular weight is 439 g/mol. The molecule has 1 aromatic heterocycles. The number of carbonyl (C=O) groups is 1. The molecule has 0 radical (unpaired) electrons. The van der Waals surface area contributed by atoms with Gasteiger partial charge in [-0.25, -0.2) is 9.24 Å². The summed E-state index contributed by atoms with van der Waals surface area (Å²) in [6, 6.07) is 8.38. The van der Waals surface area contributed by atoms with Crippen molar-refractivity contribution in [2.45, 2.75) is 26.4 Å². The molecule has 2 aromatic carbocycles. The standard InChI is InChI=1S/C23H20ClFN4O2/c1-13(30)29-7-6-21-17(12-29)22(16-10-15(26-2)4-5-20(16)28-21)27-11-14-8-18(24)23(31-3)19(25)9-14/h4-5,8-10H,6-7,11-12H2,1,3H3,(H,27,28). The Morgan fingerprint density at radius 3 is 2.87 bits per heavy atom. The van der Waals surface area contributed by atoms with Crippen molar-refractivity contribution in [3.05, 3.63) is 69.4 Å². The van der Waals surface area contributed by atoms with E-state index in [2.05, 4.69) is 10.2 Å². The molecule has 0 spiro atoms. The number of carbonyl (C=O) groups excluding carboxylic acids is 1. The fourth-order valence-corrected chi connectivity index (χ4v) is 4.18. The van der Waals surface area contributed by atoms with Gasteiger partial charge in [0.1, 0.15) is 0 Å². The Bertz CT molecular complexity index is 1220. The van der Waals surface area contributed by atoms with Gasteiger partial charge in [-0.2, -0.15) is 0 Å². The van der Waals surface area contributed by atoms with Crippen LogP contribution in [0.5, 0.6) is 5.75 Å². The van der Waals surface area contributed by atoms with Crippen LogP contribution >= 0.6 is 11.6 Å². The minimum Gasteiger partial charge on any atom is -0.492 e. The Morgan fingerprint density at radius 1 is 1.39 bits per heavy atom. The van der Waals surface area contributed by atoms with Gasteiger partial charge in [0.15, 0.2) is 17.3 Å². The van der Waals surface area contributed by atoms with Gasteiger partial charge in [-0.15, -0.1) is 0 Å². The molecule has 0 aliphatic carbocycles. The molecular weight excluding hydrogens is 419 g/mol. The molecule has 1 N–H and O–H groups in total. The van der Waals surface area contributed by atoms with E-state index < -0.39 is 5.82 Å². The lowest BCUT2D eigenvalue weighted by Crippen LogP contribution is -2.35. The number of fused-ring (bicyclic) bond motifs is 2. The van der Waals surface area contributed by atoms with Gasteiger partial charge in [-0.3, -0.25) is 9.78 Å². The number of hydrogen-bond donors (Lipinski definition) is 1. The summed E-state index contributed by atoms with van der Waals surface area (Å²) in [7, 11) is 1.37. The third-order valence-corrected chi connectivity index (χ3v) is 5.71. The predicted octanol–water partition coefficient (Wildman–Crippen LogP) is 5.10. The second-order valence-electron chi connectivity index (χ2n) is 7.36. The molecule has 158 valence electrons. The lowest BCUT2D eigenvalue weighted by atomic mass is 9.99. The van der Waals surface area contributed by atoms with Gasteiger partial charge < -0.3 is 15.0 Å². The molecule has 2 heterocycles. The molecule has 4 rings (SSSR count). The minimum absolute atomic E-state index is 0.00406. The molecule has 6 nitrogen and oxygen atoms in total. The van der Waals surface area contributed by atoms with Crippen LogP contribution in [0.4, 0.5) is 15.8 Å². The smallest absolute Gasteiger partial charge is 0.219 e. The van der Waals surface area contributed by atoms with Crippen LogP contribution in [0.3, 0.4) is 0 Å². The van der Waals surface area contributed by atoms with Crippen LogP contribution in [0, 0.1) is 12.4 Å². The molecule has 1 aliphatic rings. The number of hydrogen-bond acceptors (Lipinski definition) is 4. The van der Waals surface area contributed by atoms with Gasteiger partial charge in [0.2, 0.25) is 5.91 Å². The molecule has 0 atom stereocenters. The first-order chi connectivity index (χ1) is 14.9. The Morgan fingerprint density at radius 2 is 2.19 bits per heavy atom. The lowest BCUT2D eigenvalue weighted by Gasteiger charge is -2.30. The highest BCUT2D eigenvalue weighted by Crippen LogP contribution is 2.35. The molecule has 0 saturated heterocycles. The molecule has 0 saturated carbocycles. The van der Waals surface area contributed by atoms with E-state index in [0.717, 1.165) is 27.8 Å². The zero-order valence-electron chi connectivity index (χ0n) is 17.1. The average Bonchev–Trinajstić information content (AvgIpc) is 2.75. The first kappa shape index (κ1) is 20.9. The van der Waals surface area contributed by atoms with Gasteiger partial charge in [0, 0.05) is 55.3 Å². The third-order valence-electron chi connectivity index (χ3n) is 5.43. The van der Waals surface area contributed by atoms with Crippen LogP contribution < -0.4 is 10.1 Å². The summed E-state index contributed by atoms with van der Waals surface area (Å²) in [6.07, 6.45) is 0.646. The quantitative estimate of drug-likeness (QED) is 0.575. The van der Waals surface area contributed by atoms with E-state index in [9.17, 15) is 9.18 Å². The number of ether oxygens (including phenoxy) is 1. The molecular formula is C23H20ClFN4O2. The molecule has 1 amide bonds. The maximum absolute atomic E-state index is 14.3. The van der Waals surface area contributed by atoms with Gasteiger partial charge in [-0.05, 0) is 29.8 Å². The monoisotopic (exact) mass is 438 g/mol. The fraction of sp³-hybridized carbons (Fsp3) is 0.261. The number of halogens is 2. The van der Waals surface area contributed by atoms with Crippen molar-refractivity contribution in [2.24, 2.45) is 0 Å². The largest absolute Gasteiger partial charge is 0.492 e. The number of rotatable bonds is 4. The number of nitrogens with one attached hydrogen (secondary N) is 1. The predicted molar refractivity (Wildman–Crippen MR) is 118 cm³/mol. The van der Waals surface area contributed by atoms with Crippen molar-refractivity contribution in [1.29, 1.82) is 0 Å². The van der Waals surface area contributed by atoms with E-state index in [1.54, 1.807) is 30.0 Å². The van der Waals surface area contributed by atoms with Gasteiger partial charge in [-0.1, -0.05) is 17.7 Å². The van der Waals surface area contributed by atoms with Gasteiger partial charge in [0.25, 0.3) is 0 Å². The topological polar surface area (TPSA) is 58.8 Å². The van der Waals surface area contributed by atoms with E-state index in [-0.39, 0.29) is 16.7 Å². The highest BCUT2D eigenvalue weighted by molar-refractivity contribution is 6.32. The van der Waals surface area contributed by atoms with E-state index in [0.29, 0.717) is 37.3 Å². The maximum Gasteiger partial charge on any atom is 0.219 e. The van der Waals surface area contributed by atoms with Crippen molar-refractivity contribution in [3.63, 3.8) is 0 Å². The molecule has 8 heteroatoms. The first-order valence-electron chi connectivity index (χ1n) is 9.75. The van der Waals surface area contributed by atoms with Crippen molar-refractivity contribution >= 4 is 39.8 Å². The fourth-order valence-electron chi connectivity index (χ4n) is 3.87. The molecule has 0 fully saturated rings. The Hall–Kier alpha value is -3.37. The van der Waals surface area contributed by atoms with Crippen LogP contribution in [-0.4, -0.2) is 29.4 Å². The maximum atomic E-state index is 14.3. The molecule has 31 heavy (non-hydrogen) atoms. The van der Waals surface area contributed by atoms with Crippen molar-refractivity contribution in [1.82, 2.24) is 9.88 Å². The second-order valence-corrected chi connectivity index (χ2v) is 7.77. The summed E-state index contributed by atoms with van der Waals surface area (Å²) >= 11 is 6.14. The zero-order valence-corrected chi connectivity index (χ0v) is 17.9. The summed E-state index contributed by atoms with van der Waals surface area (Å²) in [5.41, 5.74) is 4.53. The van der Waals surface area contributed by atoms with Crippen LogP contribution in [-0.2, 0) is 24.3 Å². The number of aromatic nitrogens is 1. The molecule has 0 unspecified atom stereocenters. The summed E-state index contributed by atoms with van der Waals surface area (Å²) in [5.74, 6) is -0.530. The lowest BCUT2D eigenvalue weighted by molar-refractivity contribution is -0.129. The molecule has 1 aliphatic heterocycles. The van der Waals surface area contributed by atoms with Crippen LogP contribution in [0.1, 0.15) is 23.7 Å². The summed E-state index contributed by atoms with van der Waals surface area (Å²) in [5, 5.41) is 4.37. The summed E-state index contributed by atoms with van der Waals surface area (Å²) < 4.78 is 19.3. The molecule has 3 aromatic rings. The number of pyridine rings is 1. The molecule has 0 bridgehead atoms. The number of anilines is 1. The minimum atomic E-state index is -0.536. The SMILES string of the molecule is [C-]#[N+]c1ccc2nc3c(c(NCc4cc(F)c(OC)c(Cl)c4)c2c1)CN(C(C)=O)CC3. The van der Waals surface area contributed by atoms with Crippen molar-refractivity contribution < 1.29 is 13.9 Å². The number of methoxy groups -OCH3 is 1. The van der Waals surface area contributed by atoms with Gasteiger partial charge in [0.05, 0.1) is 24.2 Å². The first-order valence-corrected chi connectivity index (χ1v) is 10.1. The van der Waals surface area contributed by atoms with Crippen LogP contribution in [0.25, 0.3) is 15.7 Å². The van der Waals surface area contributed by atoms with E-state index in [4.69, 9.17) is 27.9 Å².